The van der Waals surface area contributed by atoms with Crippen LogP contribution >= 0.6 is 0 Å². The first-order chi connectivity index (χ1) is 29.4. The quantitative estimate of drug-likeness (QED) is 0.0258. The van der Waals surface area contributed by atoms with Crippen molar-refractivity contribution in [2.75, 3.05) is 26.4 Å². The number of esters is 4. The smallest absolute Gasteiger partial charge is 0.309 e. The van der Waals surface area contributed by atoms with E-state index in [0.717, 1.165) is 77.0 Å². The Kier molecular flexibility index (Phi) is 25.9. The SMILES string of the molecule is CCCCCCCCCCCCOC(=O)C1CC2OC2CC1C(=O)OCCCCCCCCCCOC(=O)C1CC2OC2CC1C(=O)OCCCCCCCCCCCC. The Morgan fingerprint density at radius 1 is 0.317 bits per heavy atom. The Balaban J connectivity index is 0.956. The lowest BCUT2D eigenvalue weighted by Crippen LogP contribution is -2.37. The molecule has 2 aliphatic carbocycles. The van der Waals surface area contributed by atoms with Gasteiger partial charge in [-0.1, -0.05) is 168 Å². The lowest BCUT2D eigenvalue weighted by molar-refractivity contribution is -0.162. The largest absolute Gasteiger partial charge is 0.465 e. The maximum atomic E-state index is 13.1. The van der Waals surface area contributed by atoms with Gasteiger partial charge in [0.05, 0.1) is 74.5 Å². The maximum Gasteiger partial charge on any atom is 0.309 e. The highest BCUT2D eigenvalue weighted by atomic mass is 16.6. The van der Waals surface area contributed by atoms with Gasteiger partial charge in [0.25, 0.3) is 0 Å². The van der Waals surface area contributed by atoms with E-state index in [4.69, 9.17) is 28.4 Å². The Bertz CT molecular complexity index is 1100. The zero-order valence-corrected chi connectivity index (χ0v) is 38.2. The molecule has 0 aromatic heterocycles. The fraction of sp³-hybridized carbons (Fsp3) is 0.920. The average molecular weight is 847 g/mol. The van der Waals surface area contributed by atoms with E-state index in [1.54, 1.807) is 0 Å². The molecule has 10 heteroatoms. The number of epoxide rings is 2. The minimum absolute atomic E-state index is 0.0741. The van der Waals surface area contributed by atoms with Crippen molar-refractivity contribution in [3.63, 3.8) is 0 Å². The van der Waals surface area contributed by atoms with Gasteiger partial charge in [0.15, 0.2) is 0 Å². The van der Waals surface area contributed by atoms with E-state index in [1.807, 2.05) is 0 Å². The van der Waals surface area contributed by atoms with E-state index >= 15 is 0 Å². The Morgan fingerprint density at radius 2 is 0.500 bits per heavy atom. The molecule has 60 heavy (non-hydrogen) atoms. The molecule has 0 aromatic rings. The first-order valence-corrected chi connectivity index (χ1v) is 25.4. The van der Waals surface area contributed by atoms with Crippen LogP contribution in [0.4, 0.5) is 0 Å². The third kappa shape index (κ3) is 20.3. The molecular weight excluding hydrogens is 761 g/mol. The molecule has 4 rings (SSSR count). The van der Waals surface area contributed by atoms with Crippen molar-refractivity contribution in [2.45, 2.75) is 244 Å². The highest BCUT2D eigenvalue weighted by Crippen LogP contribution is 2.45. The Labute approximate surface area is 364 Å². The van der Waals surface area contributed by atoms with Gasteiger partial charge in [0.2, 0.25) is 0 Å². The summed E-state index contributed by atoms with van der Waals surface area (Å²) in [6, 6.07) is 0. The van der Waals surface area contributed by atoms with Gasteiger partial charge in [0, 0.05) is 0 Å². The number of carbonyl (C=O) groups excluding carboxylic acids is 4. The summed E-state index contributed by atoms with van der Waals surface area (Å²) in [6.45, 7) is 6.09. The summed E-state index contributed by atoms with van der Waals surface area (Å²) in [6.07, 6.45) is 35.1. The van der Waals surface area contributed by atoms with Gasteiger partial charge in [-0.05, 0) is 51.4 Å². The summed E-state index contributed by atoms with van der Waals surface area (Å²) in [5, 5.41) is 0. The lowest BCUT2D eigenvalue weighted by atomic mass is 9.79. The zero-order valence-electron chi connectivity index (χ0n) is 38.2. The van der Waals surface area contributed by atoms with Crippen LogP contribution in [0.1, 0.15) is 219 Å². The van der Waals surface area contributed by atoms with Crippen LogP contribution in [0, 0.1) is 23.7 Å². The van der Waals surface area contributed by atoms with Crippen LogP contribution in [0.5, 0.6) is 0 Å². The fourth-order valence-electron chi connectivity index (χ4n) is 9.45. The predicted octanol–water partition coefficient (Wildman–Crippen LogP) is 11.7. The molecule has 0 N–H and O–H groups in total. The van der Waals surface area contributed by atoms with Gasteiger partial charge >= 0.3 is 23.9 Å². The second-order valence-corrected chi connectivity index (χ2v) is 18.7. The van der Waals surface area contributed by atoms with E-state index in [1.165, 1.54) is 103 Å². The Morgan fingerprint density at radius 3 is 0.700 bits per heavy atom. The van der Waals surface area contributed by atoms with Gasteiger partial charge in [0.1, 0.15) is 0 Å². The summed E-state index contributed by atoms with van der Waals surface area (Å²) in [7, 11) is 0. The van der Waals surface area contributed by atoms with Crippen LogP contribution in [0.25, 0.3) is 0 Å². The minimum atomic E-state index is -0.475. The number of carbonyl (C=O) groups is 4. The molecule has 0 aromatic carbocycles. The standard InChI is InChI=1S/C50H86O10/c1-3-5-7-9-11-13-15-19-23-27-31-55-47(51)39-35-43-45(59-43)37-41(39)49(53)57-33-29-25-21-17-18-22-26-30-34-58-50(54)42-38-46-44(60-46)36-40(42)48(52)56-32-28-24-20-16-14-12-10-8-6-4-2/h39-46H,3-38H2,1-2H3. The molecule has 0 spiro atoms. The van der Waals surface area contributed by atoms with Crippen LogP contribution in [0.15, 0.2) is 0 Å². The van der Waals surface area contributed by atoms with Crippen LogP contribution in [-0.4, -0.2) is 74.7 Å². The summed E-state index contributed by atoms with van der Waals surface area (Å²) in [4.78, 5) is 52.1. The molecule has 2 saturated carbocycles. The topological polar surface area (TPSA) is 130 Å². The molecule has 4 fully saturated rings. The van der Waals surface area contributed by atoms with Crippen molar-refractivity contribution < 1.29 is 47.6 Å². The van der Waals surface area contributed by atoms with E-state index in [2.05, 4.69) is 13.8 Å². The van der Waals surface area contributed by atoms with Crippen molar-refractivity contribution in [3.05, 3.63) is 0 Å². The number of ether oxygens (including phenoxy) is 6. The summed E-state index contributed by atoms with van der Waals surface area (Å²) in [5.74, 6) is -2.99. The first-order valence-electron chi connectivity index (χ1n) is 25.4. The van der Waals surface area contributed by atoms with Gasteiger partial charge in [-0.25, -0.2) is 0 Å². The summed E-state index contributed by atoms with van der Waals surface area (Å²) in [5.41, 5.74) is 0. The average Bonchev–Trinajstić information content (AvgIpc) is 4.19. The molecule has 4 aliphatic rings. The van der Waals surface area contributed by atoms with Crippen LogP contribution in [0.2, 0.25) is 0 Å². The van der Waals surface area contributed by atoms with Crippen LogP contribution in [0.3, 0.4) is 0 Å². The van der Waals surface area contributed by atoms with Gasteiger partial charge < -0.3 is 28.4 Å². The molecule has 10 nitrogen and oxygen atoms in total. The number of unbranched alkanes of at least 4 members (excludes halogenated alkanes) is 25. The van der Waals surface area contributed by atoms with Crippen molar-refractivity contribution >= 4 is 23.9 Å². The molecule has 2 heterocycles. The molecule has 8 unspecified atom stereocenters. The second-order valence-electron chi connectivity index (χ2n) is 18.7. The summed E-state index contributed by atoms with van der Waals surface area (Å²) < 4.78 is 34.0. The highest BCUT2D eigenvalue weighted by Gasteiger charge is 2.54. The molecule has 346 valence electrons. The van der Waals surface area contributed by atoms with Gasteiger partial charge in [-0.2, -0.15) is 0 Å². The van der Waals surface area contributed by atoms with Crippen LogP contribution < -0.4 is 0 Å². The number of hydrogen-bond acceptors (Lipinski definition) is 10. The predicted molar refractivity (Wildman–Crippen MR) is 234 cm³/mol. The molecule has 0 amide bonds. The highest BCUT2D eigenvalue weighted by molar-refractivity contribution is 5.83. The van der Waals surface area contributed by atoms with Crippen molar-refractivity contribution in [3.8, 4) is 0 Å². The van der Waals surface area contributed by atoms with E-state index < -0.39 is 23.7 Å². The molecule has 2 saturated heterocycles. The molecule has 2 aliphatic heterocycles. The normalized spacial score (nSPS) is 25.2. The zero-order chi connectivity index (χ0) is 42.6. The molecular formula is C50H86O10. The third-order valence-corrected chi connectivity index (χ3v) is 13.5. The molecule has 0 radical (unpaired) electrons. The van der Waals surface area contributed by atoms with Crippen LogP contribution in [-0.2, 0) is 47.6 Å². The van der Waals surface area contributed by atoms with E-state index in [-0.39, 0.29) is 48.3 Å². The molecule has 8 atom stereocenters. The first kappa shape index (κ1) is 50.4. The fourth-order valence-corrected chi connectivity index (χ4v) is 9.45. The minimum Gasteiger partial charge on any atom is -0.465 e. The van der Waals surface area contributed by atoms with E-state index in [0.29, 0.717) is 52.1 Å². The third-order valence-electron chi connectivity index (χ3n) is 13.5. The van der Waals surface area contributed by atoms with Crippen molar-refractivity contribution in [2.24, 2.45) is 23.7 Å². The second kappa shape index (κ2) is 30.8. The van der Waals surface area contributed by atoms with Gasteiger partial charge in [-0.15, -0.1) is 0 Å². The van der Waals surface area contributed by atoms with E-state index in [9.17, 15) is 19.2 Å². The van der Waals surface area contributed by atoms with Gasteiger partial charge in [-0.3, -0.25) is 19.2 Å². The lowest BCUT2D eigenvalue weighted by Gasteiger charge is -2.26. The van der Waals surface area contributed by atoms with Crippen molar-refractivity contribution in [1.29, 1.82) is 0 Å². The van der Waals surface area contributed by atoms with Crippen molar-refractivity contribution in [1.82, 2.24) is 0 Å². The number of rotatable bonds is 37. The molecule has 0 bridgehead atoms. The summed E-state index contributed by atoms with van der Waals surface area (Å²) >= 11 is 0. The number of hydrogen-bond donors (Lipinski definition) is 0. The number of fused-ring (bicyclic) bond motifs is 2. The Hall–Kier alpha value is -2.20. The monoisotopic (exact) mass is 847 g/mol. The maximum absolute atomic E-state index is 13.1.